The number of alkyl halides is 3. The van der Waals surface area contributed by atoms with Gasteiger partial charge in [-0.25, -0.2) is 4.98 Å². The van der Waals surface area contributed by atoms with Crippen LogP contribution < -0.4 is 5.32 Å². The molecule has 0 aliphatic rings. The molecular formula is C7H7F3IN3O. The van der Waals surface area contributed by atoms with Crippen molar-refractivity contribution >= 4 is 28.5 Å². The monoisotopic (exact) mass is 333 g/mol. The van der Waals surface area contributed by atoms with Gasteiger partial charge in [0.25, 0.3) is 0 Å². The van der Waals surface area contributed by atoms with Crippen LogP contribution in [0.1, 0.15) is 5.69 Å². The van der Waals surface area contributed by atoms with Crippen LogP contribution in [-0.4, -0.2) is 28.6 Å². The van der Waals surface area contributed by atoms with Gasteiger partial charge < -0.3 is 10.3 Å². The summed E-state index contributed by atoms with van der Waals surface area (Å²) < 4.78 is 35.9. The summed E-state index contributed by atoms with van der Waals surface area (Å²) in [6.07, 6.45) is -3.01. The van der Waals surface area contributed by atoms with Gasteiger partial charge in [0.2, 0.25) is 0 Å². The third-order valence-electron chi connectivity index (χ3n) is 1.53. The van der Waals surface area contributed by atoms with E-state index in [0.717, 1.165) is 0 Å². The number of aromatic nitrogens is 2. The highest BCUT2D eigenvalue weighted by Gasteiger charge is 2.38. The number of nitrogens with one attached hydrogen (secondary N) is 2. The van der Waals surface area contributed by atoms with E-state index < -0.39 is 12.1 Å². The molecule has 0 atom stereocenters. The van der Waals surface area contributed by atoms with Gasteiger partial charge in [0.15, 0.2) is 3.83 Å². The molecule has 1 amide bonds. The lowest BCUT2D eigenvalue weighted by Gasteiger charge is -2.06. The summed E-state index contributed by atoms with van der Waals surface area (Å²) in [6.45, 7) is -0.0728. The first-order valence-electron chi connectivity index (χ1n) is 3.94. The highest BCUT2D eigenvalue weighted by molar-refractivity contribution is 14.1. The maximum absolute atomic E-state index is 11.7. The van der Waals surface area contributed by atoms with Gasteiger partial charge in [0, 0.05) is 24.9 Å². The molecule has 8 heteroatoms. The van der Waals surface area contributed by atoms with Gasteiger partial charge in [-0.15, -0.1) is 0 Å². The maximum atomic E-state index is 11.7. The molecule has 4 nitrogen and oxygen atoms in total. The molecule has 1 heterocycles. The summed E-state index contributed by atoms with van der Waals surface area (Å²) >= 11 is 1.94. The van der Waals surface area contributed by atoms with E-state index in [4.69, 9.17) is 0 Å². The Kier molecular flexibility index (Phi) is 3.94. The van der Waals surface area contributed by atoms with Crippen LogP contribution in [0, 0.1) is 3.83 Å². The number of amides is 1. The topological polar surface area (TPSA) is 57.8 Å². The minimum absolute atomic E-state index is 0.0728. The van der Waals surface area contributed by atoms with Crippen LogP contribution in [0.4, 0.5) is 13.2 Å². The third kappa shape index (κ3) is 4.06. The van der Waals surface area contributed by atoms with Gasteiger partial charge in [-0.3, -0.25) is 4.79 Å². The summed E-state index contributed by atoms with van der Waals surface area (Å²) in [5, 5.41) is 1.77. The quantitative estimate of drug-likeness (QED) is 0.818. The number of rotatable bonds is 3. The number of nitrogens with zero attached hydrogens (tertiary/aromatic N) is 1. The number of hydrogen-bond acceptors (Lipinski definition) is 2. The van der Waals surface area contributed by atoms with Gasteiger partial charge in [-0.05, 0) is 22.6 Å². The van der Waals surface area contributed by atoms with E-state index in [0.29, 0.717) is 9.53 Å². The first kappa shape index (κ1) is 12.3. The Hall–Kier alpha value is -0.800. The Morgan fingerprint density at radius 1 is 1.60 bits per heavy atom. The molecule has 0 unspecified atom stereocenters. The van der Waals surface area contributed by atoms with E-state index in [2.05, 4.69) is 9.97 Å². The van der Waals surface area contributed by atoms with Crippen molar-refractivity contribution in [2.45, 2.75) is 12.6 Å². The average Bonchev–Trinajstić information content (AvgIpc) is 2.49. The van der Waals surface area contributed by atoms with Crippen LogP contribution in [0.2, 0.25) is 0 Å². The highest BCUT2D eigenvalue weighted by atomic mass is 127. The van der Waals surface area contributed by atoms with Crippen molar-refractivity contribution in [3.63, 3.8) is 0 Å². The molecule has 0 saturated carbocycles. The molecular weight excluding hydrogens is 326 g/mol. The molecule has 0 bridgehead atoms. The molecule has 0 fully saturated rings. The minimum atomic E-state index is -4.82. The fraction of sp³-hybridized carbons (Fsp3) is 0.429. The van der Waals surface area contributed by atoms with Crippen molar-refractivity contribution in [1.82, 2.24) is 15.3 Å². The fourth-order valence-electron chi connectivity index (χ4n) is 0.870. The number of imidazole rings is 1. The molecule has 0 radical (unpaired) electrons. The van der Waals surface area contributed by atoms with Crippen molar-refractivity contribution in [2.24, 2.45) is 0 Å². The van der Waals surface area contributed by atoms with Crippen molar-refractivity contribution in [2.75, 3.05) is 6.54 Å². The molecule has 0 aliphatic carbocycles. The molecule has 0 saturated heterocycles. The van der Waals surface area contributed by atoms with Crippen LogP contribution >= 0.6 is 22.6 Å². The van der Waals surface area contributed by atoms with Crippen LogP contribution in [0.25, 0.3) is 0 Å². The molecule has 84 valence electrons. The Morgan fingerprint density at radius 2 is 2.27 bits per heavy atom. The van der Waals surface area contributed by atoms with Crippen LogP contribution in [0.15, 0.2) is 6.20 Å². The standard InChI is InChI=1S/C7H7F3IN3O/c8-7(9,10)5(15)12-2-1-4-3-13-6(11)14-4/h3H,1-2H2,(H,12,15)(H,13,14). The van der Waals surface area contributed by atoms with Gasteiger partial charge in [-0.2, -0.15) is 13.2 Å². The van der Waals surface area contributed by atoms with E-state index in [9.17, 15) is 18.0 Å². The molecule has 1 rings (SSSR count). The first-order valence-corrected chi connectivity index (χ1v) is 5.02. The number of carbonyl (C=O) groups is 1. The summed E-state index contributed by atoms with van der Waals surface area (Å²) in [5.74, 6) is -1.92. The van der Waals surface area contributed by atoms with Gasteiger partial charge in [0.1, 0.15) is 0 Å². The Balaban J connectivity index is 2.31. The molecule has 1 aromatic heterocycles. The van der Waals surface area contributed by atoms with Crippen molar-refractivity contribution in [3.8, 4) is 0 Å². The average molecular weight is 333 g/mol. The van der Waals surface area contributed by atoms with Crippen molar-refractivity contribution in [1.29, 1.82) is 0 Å². The van der Waals surface area contributed by atoms with Gasteiger partial charge in [0.05, 0.1) is 0 Å². The molecule has 0 aromatic carbocycles. The van der Waals surface area contributed by atoms with Crippen molar-refractivity contribution in [3.05, 3.63) is 15.7 Å². The lowest BCUT2D eigenvalue weighted by molar-refractivity contribution is -0.173. The number of halogens is 4. The zero-order valence-electron chi connectivity index (χ0n) is 7.36. The summed E-state index contributed by atoms with van der Waals surface area (Å²) in [5.41, 5.74) is 0.682. The van der Waals surface area contributed by atoms with E-state index in [-0.39, 0.29) is 13.0 Å². The third-order valence-corrected chi connectivity index (χ3v) is 2.08. The zero-order valence-corrected chi connectivity index (χ0v) is 9.52. The second kappa shape index (κ2) is 4.81. The maximum Gasteiger partial charge on any atom is 0.471 e. The second-order valence-corrected chi connectivity index (χ2v) is 3.72. The minimum Gasteiger partial charge on any atom is -0.348 e. The van der Waals surface area contributed by atoms with E-state index >= 15 is 0 Å². The SMILES string of the molecule is O=C(NCCc1cnc(I)[nH]1)C(F)(F)F. The number of aromatic amines is 1. The van der Waals surface area contributed by atoms with Crippen LogP contribution in [-0.2, 0) is 11.2 Å². The number of carbonyl (C=O) groups excluding carboxylic acids is 1. The second-order valence-electron chi connectivity index (χ2n) is 2.70. The van der Waals surface area contributed by atoms with Gasteiger partial charge >= 0.3 is 12.1 Å². The molecule has 2 N–H and O–H groups in total. The smallest absolute Gasteiger partial charge is 0.348 e. The molecule has 0 spiro atoms. The normalized spacial score (nSPS) is 11.5. The predicted molar refractivity (Wildman–Crippen MR) is 54.1 cm³/mol. The summed E-state index contributed by atoms with van der Waals surface area (Å²) in [7, 11) is 0. The van der Waals surface area contributed by atoms with Crippen LogP contribution in [0.3, 0.4) is 0 Å². The highest BCUT2D eigenvalue weighted by Crippen LogP contribution is 2.13. The van der Waals surface area contributed by atoms with Gasteiger partial charge in [-0.1, -0.05) is 0 Å². The Bertz CT molecular complexity index is 349. The van der Waals surface area contributed by atoms with Crippen molar-refractivity contribution < 1.29 is 18.0 Å². The Labute approximate surface area is 96.8 Å². The zero-order chi connectivity index (χ0) is 11.5. The first-order chi connectivity index (χ1) is 6.89. The van der Waals surface area contributed by atoms with E-state index in [1.807, 2.05) is 22.6 Å². The Morgan fingerprint density at radius 3 is 2.73 bits per heavy atom. The molecule has 1 aromatic rings. The predicted octanol–water partition coefficient (Wildman–Crippen LogP) is 1.24. The molecule has 15 heavy (non-hydrogen) atoms. The fourth-order valence-corrected chi connectivity index (χ4v) is 1.36. The summed E-state index contributed by atoms with van der Waals surface area (Å²) in [6, 6.07) is 0. The number of H-pyrrole nitrogens is 1. The molecule has 0 aliphatic heterocycles. The van der Waals surface area contributed by atoms with E-state index in [1.165, 1.54) is 6.20 Å². The largest absolute Gasteiger partial charge is 0.471 e. The lowest BCUT2D eigenvalue weighted by Crippen LogP contribution is -2.37. The lowest BCUT2D eigenvalue weighted by atomic mass is 10.3. The number of hydrogen-bond donors (Lipinski definition) is 2. The van der Waals surface area contributed by atoms with Crippen LogP contribution in [0.5, 0.6) is 0 Å². The summed E-state index contributed by atoms with van der Waals surface area (Å²) in [4.78, 5) is 17.1. The van der Waals surface area contributed by atoms with E-state index in [1.54, 1.807) is 5.32 Å².